The molecule has 0 amide bonds. The topological polar surface area (TPSA) is 102 Å². The number of halogens is 1. The number of H-pyrrole nitrogens is 2. The van der Waals surface area contributed by atoms with Crippen LogP contribution in [0.4, 0.5) is 4.39 Å². The zero-order valence-electron chi connectivity index (χ0n) is 13.2. The Morgan fingerprint density at radius 2 is 2.32 bits per heavy atom. The van der Waals surface area contributed by atoms with Crippen LogP contribution < -0.4 is 16.0 Å². The maximum atomic E-state index is 12.5. The van der Waals surface area contributed by atoms with Crippen molar-refractivity contribution in [3.8, 4) is 5.75 Å². The van der Waals surface area contributed by atoms with E-state index in [1.165, 1.54) is 6.33 Å². The van der Waals surface area contributed by atoms with Gasteiger partial charge in [-0.3, -0.25) is 14.3 Å². The second kappa shape index (κ2) is 7.41. The molecule has 4 N–H and O–H groups in total. The molecule has 0 aliphatic carbocycles. The lowest BCUT2D eigenvalue weighted by Gasteiger charge is -2.11. The van der Waals surface area contributed by atoms with Gasteiger partial charge >= 0.3 is 0 Å². The lowest BCUT2D eigenvalue weighted by atomic mass is 10.2. The second-order valence-electron chi connectivity index (χ2n) is 5.35. The molecule has 0 saturated heterocycles. The van der Waals surface area contributed by atoms with Gasteiger partial charge in [-0.25, -0.2) is 9.37 Å². The molecule has 0 unspecified atom stereocenters. The first-order chi connectivity index (χ1) is 12.1. The van der Waals surface area contributed by atoms with E-state index in [2.05, 4.69) is 15.0 Å². The van der Waals surface area contributed by atoms with Gasteiger partial charge in [-0.2, -0.15) is 0 Å². The largest absolute Gasteiger partial charge is 0.489 e. The van der Waals surface area contributed by atoms with Gasteiger partial charge in [0, 0.05) is 12.1 Å². The first-order valence-corrected chi connectivity index (χ1v) is 7.89. The van der Waals surface area contributed by atoms with E-state index in [4.69, 9.17) is 22.7 Å². The van der Waals surface area contributed by atoms with Crippen LogP contribution in [0.5, 0.6) is 5.75 Å². The number of imidazole rings is 1. The number of rotatable bonds is 6. The summed E-state index contributed by atoms with van der Waals surface area (Å²) in [7, 11) is 0. The average Bonchev–Trinajstić information content (AvgIpc) is 3.10. The molecule has 130 valence electrons. The van der Waals surface area contributed by atoms with E-state index in [-0.39, 0.29) is 23.5 Å². The van der Waals surface area contributed by atoms with Crippen molar-refractivity contribution in [2.75, 3.05) is 13.2 Å². The molecule has 3 rings (SSSR count). The van der Waals surface area contributed by atoms with Gasteiger partial charge < -0.3 is 15.5 Å². The fourth-order valence-corrected chi connectivity index (χ4v) is 2.60. The van der Waals surface area contributed by atoms with Crippen LogP contribution in [0.2, 0.25) is 0 Å². The summed E-state index contributed by atoms with van der Waals surface area (Å²) < 4.78 is 20.1. The highest BCUT2D eigenvalue weighted by Gasteiger charge is 2.09. The van der Waals surface area contributed by atoms with Crippen molar-refractivity contribution < 1.29 is 9.13 Å². The van der Waals surface area contributed by atoms with Crippen molar-refractivity contribution in [2.24, 2.45) is 5.73 Å². The van der Waals surface area contributed by atoms with Crippen LogP contribution in [-0.4, -0.2) is 32.7 Å². The first kappa shape index (κ1) is 17.1. The molecule has 3 aromatic rings. The normalized spacial score (nSPS) is 11.8. The predicted molar refractivity (Wildman–Crippen MR) is 94.8 cm³/mol. The summed E-state index contributed by atoms with van der Waals surface area (Å²) in [5.74, 6) is 0.583. The molecule has 0 spiro atoms. The molecule has 0 radical (unpaired) electrons. The molecule has 0 atom stereocenters. The highest BCUT2D eigenvalue weighted by Crippen LogP contribution is 2.16. The van der Waals surface area contributed by atoms with E-state index in [0.29, 0.717) is 35.4 Å². The summed E-state index contributed by atoms with van der Waals surface area (Å²) in [6, 6.07) is 7.31. The Balaban J connectivity index is 1.87. The number of ether oxygens (including phenoxy) is 1. The Bertz CT molecular complexity index is 1040. The Morgan fingerprint density at radius 3 is 3.08 bits per heavy atom. The van der Waals surface area contributed by atoms with E-state index < -0.39 is 0 Å². The van der Waals surface area contributed by atoms with Gasteiger partial charge in [-0.05, 0) is 29.9 Å². The lowest BCUT2D eigenvalue weighted by molar-refractivity contribution is 0.347. The average molecular weight is 361 g/mol. The summed E-state index contributed by atoms with van der Waals surface area (Å²) >= 11 is 5.24. The van der Waals surface area contributed by atoms with Crippen molar-refractivity contribution in [3.63, 3.8) is 0 Å². The highest BCUT2D eigenvalue weighted by molar-refractivity contribution is 7.71. The Labute approximate surface area is 147 Å². The maximum absolute atomic E-state index is 12.5. The smallest absolute Gasteiger partial charge is 0.277 e. The Hall–Kier alpha value is -2.78. The molecular weight excluding hydrogens is 345 g/mol. The molecule has 1 aromatic carbocycles. The molecule has 2 aromatic heterocycles. The molecule has 0 aliphatic heterocycles. The number of aromatic amines is 2. The summed E-state index contributed by atoms with van der Waals surface area (Å²) in [5, 5.41) is 0. The summed E-state index contributed by atoms with van der Waals surface area (Å²) in [6.45, 7) is 0.578. The Kier molecular flexibility index (Phi) is 5.05. The van der Waals surface area contributed by atoms with Gasteiger partial charge in [0.25, 0.3) is 5.56 Å². The third kappa shape index (κ3) is 3.67. The van der Waals surface area contributed by atoms with E-state index in [9.17, 15) is 9.18 Å². The molecule has 2 heterocycles. The molecular formula is C16H16FN5O2S. The zero-order chi connectivity index (χ0) is 17.8. The quantitative estimate of drug-likeness (QED) is 0.583. The van der Waals surface area contributed by atoms with Crippen LogP contribution in [0.25, 0.3) is 11.2 Å². The minimum absolute atomic E-state index is 0.0815. The number of nitrogens with zero attached hydrogens (tertiary/aromatic N) is 2. The highest BCUT2D eigenvalue weighted by atomic mass is 32.1. The lowest BCUT2D eigenvalue weighted by Crippen LogP contribution is -2.15. The van der Waals surface area contributed by atoms with Gasteiger partial charge in [0.15, 0.2) is 10.4 Å². The minimum atomic E-state index is -0.307. The van der Waals surface area contributed by atoms with E-state index in [1.54, 1.807) is 10.6 Å². The van der Waals surface area contributed by atoms with Crippen LogP contribution in [-0.2, 0) is 6.54 Å². The molecule has 9 heteroatoms. The summed E-state index contributed by atoms with van der Waals surface area (Å²) in [5.41, 5.74) is 7.20. The van der Waals surface area contributed by atoms with Crippen molar-refractivity contribution in [3.05, 3.63) is 63.2 Å². The fourth-order valence-electron chi connectivity index (χ4n) is 2.36. The van der Waals surface area contributed by atoms with Crippen LogP contribution in [0.1, 0.15) is 5.56 Å². The number of nitrogens with two attached hydrogens (primary N) is 1. The third-order valence-electron chi connectivity index (χ3n) is 3.65. The number of aromatic nitrogens is 4. The second-order valence-corrected chi connectivity index (χ2v) is 5.74. The first-order valence-electron chi connectivity index (χ1n) is 7.48. The van der Waals surface area contributed by atoms with Gasteiger partial charge in [-0.1, -0.05) is 12.1 Å². The van der Waals surface area contributed by atoms with Crippen molar-refractivity contribution in [2.45, 2.75) is 6.54 Å². The summed E-state index contributed by atoms with van der Waals surface area (Å²) in [6.07, 6.45) is 1.90. The van der Waals surface area contributed by atoms with Gasteiger partial charge in [0.05, 0.1) is 19.2 Å². The van der Waals surface area contributed by atoms with Crippen molar-refractivity contribution in [1.29, 1.82) is 0 Å². The van der Waals surface area contributed by atoms with Crippen LogP contribution in [0.15, 0.2) is 47.3 Å². The molecule has 0 fully saturated rings. The zero-order valence-corrected chi connectivity index (χ0v) is 14.0. The monoisotopic (exact) mass is 361 g/mol. The van der Waals surface area contributed by atoms with Crippen LogP contribution in [0, 0.1) is 4.77 Å². The number of nitrogens with one attached hydrogen (secondary N) is 2. The van der Waals surface area contributed by atoms with Gasteiger partial charge in [-0.15, -0.1) is 0 Å². The maximum Gasteiger partial charge on any atom is 0.277 e. The Morgan fingerprint density at radius 1 is 1.48 bits per heavy atom. The van der Waals surface area contributed by atoms with Gasteiger partial charge in [0.1, 0.15) is 17.9 Å². The van der Waals surface area contributed by atoms with Crippen molar-refractivity contribution >= 4 is 23.4 Å². The van der Waals surface area contributed by atoms with Crippen molar-refractivity contribution in [1.82, 2.24) is 19.5 Å². The van der Waals surface area contributed by atoms with E-state index in [1.807, 2.05) is 18.2 Å². The van der Waals surface area contributed by atoms with Gasteiger partial charge in [0.2, 0.25) is 0 Å². The minimum Gasteiger partial charge on any atom is -0.489 e. The number of hydrogen-bond donors (Lipinski definition) is 3. The standard InChI is InChI=1S/C16H16FN5O2S/c17-5-11(6-18)8-24-12-3-1-2-10(4-12)7-22-14-13(19-9-20-14)15(23)21-16(22)25/h1-5,9H,6-8,18H2,(H,19,20)(H,21,23,25)/b11-5+. The number of fused-ring (bicyclic) bond motifs is 1. The molecule has 0 saturated carbocycles. The number of hydrogen-bond acceptors (Lipinski definition) is 5. The fraction of sp³-hybridized carbons (Fsp3) is 0.188. The molecule has 0 aliphatic rings. The SMILES string of the molecule is NC/C(=C\F)COc1cccc(Cn2c(=S)[nH]c(=O)c3[nH]cnc32)c1. The summed E-state index contributed by atoms with van der Waals surface area (Å²) in [4.78, 5) is 21.4. The number of benzene rings is 1. The predicted octanol–water partition coefficient (Wildman–Crippen LogP) is 2.02. The van der Waals surface area contributed by atoms with E-state index >= 15 is 0 Å². The van der Waals surface area contributed by atoms with Crippen LogP contribution in [0.3, 0.4) is 0 Å². The molecule has 0 bridgehead atoms. The molecule has 7 nitrogen and oxygen atoms in total. The third-order valence-corrected chi connectivity index (χ3v) is 3.97. The van der Waals surface area contributed by atoms with Crippen LogP contribution >= 0.6 is 12.2 Å². The molecule has 25 heavy (non-hydrogen) atoms. The van der Waals surface area contributed by atoms with E-state index in [0.717, 1.165) is 5.56 Å².